The monoisotopic (exact) mass is 383 g/mol. The molecule has 2 heterocycles. The van der Waals surface area contributed by atoms with Gasteiger partial charge in [0.25, 0.3) is 0 Å². The molecule has 1 aliphatic rings. The highest BCUT2D eigenvalue weighted by atomic mass is 16.5. The quantitative estimate of drug-likeness (QED) is 0.619. The molecule has 0 fully saturated rings. The molecule has 0 bridgehead atoms. The fourth-order valence-corrected chi connectivity index (χ4v) is 3.39. The maximum absolute atomic E-state index is 10.6. The molecule has 0 radical (unpaired) electrons. The van der Waals surface area contributed by atoms with E-state index in [-0.39, 0.29) is 5.95 Å². The van der Waals surface area contributed by atoms with Crippen molar-refractivity contribution in [1.82, 2.24) is 14.9 Å². The molecule has 28 heavy (non-hydrogen) atoms. The number of aromatic nitrogens is 2. The fourth-order valence-electron chi connectivity index (χ4n) is 3.39. The molecule has 0 aliphatic carbocycles. The number of hydrogen-bond donors (Lipinski definition) is 3. The number of carboxylic acids is 1. The van der Waals surface area contributed by atoms with Crippen LogP contribution in [-0.4, -0.2) is 44.6 Å². The van der Waals surface area contributed by atoms with E-state index < -0.39 is 11.6 Å². The molecular weight excluding hydrogens is 358 g/mol. The van der Waals surface area contributed by atoms with Crippen molar-refractivity contribution in [3.8, 4) is 5.88 Å². The molecule has 5 N–H and O–H groups in total. The Kier molecular flexibility index (Phi) is 5.51. The van der Waals surface area contributed by atoms with Crippen LogP contribution in [0.5, 0.6) is 5.88 Å². The number of aliphatic carboxylic acids is 1. The number of carboxylic acid groups (broad SMARTS) is 1. The van der Waals surface area contributed by atoms with Crippen LogP contribution in [0.15, 0.2) is 30.3 Å². The van der Waals surface area contributed by atoms with E-state index in [1.165, 1.54) is 0 Å². The second kappa shape index (κ2) is 7.85. The van der Waals surface area contributed by atoms with Crippen molar-refractivity contribution in [3.05, 3.63) is 47.0 Å². The number of anilines is 2. The Morgan fingerprint density at radius 2 is 2.04 bits per heavy atom. The summed E-state index contributed by atoms with van der Waals surface area (Å²) in [4.78, 5) is 21.1. The van der Waals surface area contributed by atoms with Gasteiger partial charge in [0.15, 0.2) is 0 Å². The fraction of sp³-hybridized carbons (Fsp3) is 0.350. The van der Waals surface area contributed by atoms with E-state index in [1.54, 1.807) is 6.08 Å². The minimum absolute atomic E-state index is 0.116. The predicted octanol–water partition coefficient (Wildman–Crippen LogP) is 1.95. The normalized spacial score (nSPS) is 18.4. The minimum Gasteiger partial charge on any atom is -0.478 e. The van der Waals surface area contributed by atoms with E-state index in [4.69, 9.17) is 21.3 Å². The summed E-state index contributed by atoms with van der Waals surface area (Å²) in [7, 11) is 0. The number of nitrogen functional groups attached to an aromatic ring is 2. The molecule has 0 saturated carbocycles. The highest BCUT2D eigenvalue weighted by Crippen LogP contribution is 2.37. The van der Waals surface area contributed by atoms with Crippen molar-refractivity contribution in [3.63, 3.8) is 0 Å². The van der Waals surface area contributed by atoms with Crippen LogP contribution < -0.4 is 16.2 Å². The van der Waals surface area contributed by atoms with E-state index in [0.717, 1.165) is 35.9 Å². The zero-order chi connectivity index (χ0) is 20.3. The Morgan fingerprint density at radius 1 is 1.32 bits per heavy atom. The standard InChI is InChI=1S/C20H25N5O3/c1-3-25(11-14-6-4-13(5-7-14)8-9-16(26)27)12-20(2)10-15-17(21)23-19(22)24-18(15)28-20/h4-9H,3,10-12H2,1-2H3,(H,26,27)(H4,21,22,23,24). The number of nitrogens with two attached hydrogens (primary N) is 2. The van der Waals surface area contributed by atoms with Crippen LogP contribution in [0.2, 0.25) is 0 Å². The minimum atomic E-state index is -0.959. The molecular formula is C20H25N5O3. The summed E-state index contributed by atoms with van der Waals surface area (Å²) in [5.41, 5.74) is 14.0. The summed E-state index contributed by atoms with van der Waals surface area (Å²) in [6.07, 6.45) is 3.33. The molecule has 8 heteroatoms. The van der Waals surface area contributed by atoms with Gasteiger partial charge in [0, 0.05) is 25.6 Å². The molecule has 2 aromatic rings. The van der Waals surface area contributed by atoms with E-state index in [1.807, 2.05) is 31.2 Å². The number of hydrogen-bond acceptors (Lipinski definition) is 7. The average Bonchev–Trinajstić information content (AvgIpc) is 2.97. The molecule has 148 valence electrons. The lowest BCUT2D eigenvalue weighted by molar-refractivity contribution is -0.131. The van der Waals surface area contributed by atoms with Crippen LogP contribution in [-0.2, 0) is 17.8 Å². The highest BCUT2D eigenvalue weighted by Gasteiger charge is 2.39. The lowest BCUT2D eigenvalue weighted by atomic mass is 9.99. The van der Waals surface area contributed by atoms with Gasteiger partial charge >= 0.3 is 5.97 Å². The molecule has 1 aromatic carbocycles. The van der Waals surface area contributed by atoms with Gasteiger partial charge in [-0.25, -0.2) is 4.79 Å². The lowest BCUT2D eigenvalue weighted by Gasteiger charge is -2.31. The summed E-state index contributed by atoms with van der Waals surface area (Å²) in [6, 6.07) is 7.82. The van der Waals surface area contributed by atoms with Gasteiger partial charge in [0.2, 0.25) is 11.8 Å². The molecule has 3 rings (SSSR count). The Morgan fingerprint density at radius 3 is 2.68 bits per heavy atom. The van der Waals surface area contributed by atoms with E-state index in [9.17, 15) is 4.79 Å². The van der Waals surface area contributed by atoms with Gasteiger partial charge in [-0.2, -0.15) is 9.97 Å². The molecule has 8 nitrogen and oxygen atoms in total. The second-order valence-corrected chi connectivity index (χ2v) is 7.20. The van der Waals surface area contributed by atoms with Gasteiger partial charge < -0.3 is 21.3 Å². The van der Waals surface area contributed by atoms with E-state index in [2.05, 4.69) is 21.8 Å². The molecule has 1 aliphatic heterocycles. The Hall–Kier alpha value is -3.13. The zero-order valence-electron chi connectivity index (χ0n) is 16.1. The smallest absolute Gasteiger partial charge is 0.328 e. The lowest BCUT2D eigenvalue weighted by Crippen LogP contribution is -2.44. The number of rotatable bonds is 7. The van der Waals surface area contributed by atoms with Gasteiger partial charge in [-0.1, -0.05) is 31.2 Å². The summed E-state index contributed by atoms with van der Waals surface area (Å²) in [5.74, 6) is 0.00130. The Bertz CT molecular complexity index is 897. The first kappa shape index (κ1) is 19.6. The van der Waals surface area contributed by atoms with Crippen molar-refractivity contribution in [2.45, 2.75) is 32.4 Å². The maximum atomic E-state index is 10.6. The third-order valence-corrected chi connectivity index (χ3v) is 4.72. The van der Waals surface area contributed by atoms with Crippen molar-refractivity contribution in [1.29, 1.82) is 0 Å². The molecule has 0 saturated heterocycles. The predicted molar refractivity (Wildman–Crippen MR) is 108 cm³/mol. The summed E-state index contributed by atoms with van der Waals surface area (Å²) in [6.45, 7) is 6.42. The SMILES string of the molecule is CCN(Cc1ccc(C=CC(=O)O)cc1)CC1(C)Cc2c(N)nc(N)nc2O1. The maximum Gasteiger partial charge on any atom is 0.328 e. The first-order valence-corrected chi connectivity index (χ1v) is 9.11. The van der Waals surface area contributed by atoms with Crippen LogP contribution in [0.25, 0.3) is 6.08 Å². The van der Waals surface area contributed by atoms with Crippen LogP contribution in [0.4, 0.5) is 11.8 Å². The molecule has 1 unspecified atom stereocenters. The topological polar surface area (TPSA) is 128 Å². The summed E-state index contributed by atoms with van der Waals surface area (Å²) < 4.78 is 6.08. The Balaban J connectivity index is 1.66. The highest BCUT2D eigenvalue weighted by molar-refractivity contribution is 5.85. The van der Waals surface area contributed by atoms with Crippen LogP contribution >= 0.6 is 0 Å². The third-order valence-electron chi connectivity index (χ3n) is 4.72. The zero-order valence-corrected chi connectivity index (χ0v) is 16.1. The number of fused-ring (bicyclic) bond motifs is 1. The van der Waals surface area contributed by atoms with E-state index >= 15 is 0 Å². The number of carbonyl (C=O) groups is 1. The largest absolute Gasteiger partial charge is 0.478 e. The second-order valence-electron chi connectivity index (χ2n) is 7.20. The van der Waals surface area contributed by atoms with Crippen LogP contribution in [0.3, 0.4) is 0 Å². The third kappa shape index (κ3) is 4.58. The summed E-state index contributed by atoms with van der Waals surface area (Å²) in [5, 5.41) is 8.71. The molecule has 0 amide bonds. The number of likely N-dealkylation sites (N-methyl/N-ethyl adjacent to an activating group) is 1. The van der Waals surface area contributed by atoms with Gasteiger partial charge in [-0.05, 0) is 30.7 Å². The van der Waals surface area contributed by atoms with Crippen LogP contribution in [0, 0.1) is 0 Å². The Labute approximate surface area is 163 Å². The van der Waals surface area contributed by atoms with Crippen LogP contribution in [0.1, 0.15) is 30.5 Å². The van der Waals surface area contributed by atoms with Crippen molar-refractivity contribution in [2.24, 2.45) is 0 Å². The van der Waals surface area contributed by atoms with Crippen molar-refractivity contribution < 1.29 is 14.6 Å². The van der Waals surface area contributed by atoms with Crippen molar-refractivity contribution in [2.75, 3.05) is 24.6 Å². The number of nitrogens with zero attached hydrogens (tertiary/aromatic N) is 3. The van der Waals surface area contributed by atoms with E-state index in [0.29, 0.717) is 24.7 Å². The number of benzene rings is 1. The van der Waals surface area contributed by atoms with Gasteiger partial charge in [0.05, 0.1) is 5.56 Å². The van der Waals surface area contributed by atoms with Gasteiger partial charge in [0.1, 0.15) is 11.4 Å². The molecule has 1 aromatic heterocycles. The average molecular weight is 383 g/mol. The first-order chi connectivity index (χ1) is 13.3. The summed E-state index contributed by atoms with van der Waals surface area (Å²) >= 11 is 0. The number of ether oxygens (including phenoxy) is 1. The van der Waals surface area contributed by atoms with Crippen molar-refractivity contribution >= 4 is 23.8 Å². The molecule has 1 atom stereocenters. The van der Waals surface area contributed by atoms with Gasteiger partial charge in [-0.3, -0.25) is 4.90 Å². The van der Waals surface area contributed by atoms with Gasteiger partial charge in [-0.15, -0.1) is 0 Å². The molecule has 0 spiro atoms. The first-order valence-electron chi connectivity index (χ1n) is 9.11.